The highest BCUT2D eigenvalue weighted by Gasteiger charge is 2.11. The zero-order valence-corrected chi connectivity index (χ0v) is 10.4. The first kappa shape index (κ1) is 11.6. The third-order valence-electron chi connectivity index (χ3n) is 2.92. The number of hydrogen-bond donors (Lipinski definition) is 2. The van der Waals surface area contributed by atoms with Gasteiger partial charge in [0.15, 0.2) is 0 Å². The fourth-order valence-electron chi connectivity index (χ4n) is 2.04. The van der Waals surface area contributed by atoms with Crippen LogP contribution in [-0.2, 0) is 0 Å². The van der Waals surface area contributed by atoms with Gasteiger partial charge in [0.1, 0.15) is 10.9 Å². The average molecular weight is 270 g/mol. The third kappa shape index (κ3) is 1.90. The molecule has 3 rings (SSSR count). The molecule has 0 amide bonds. The Morgan fingerprint density at radius 3 is 2.95 bits per heavy atom. The first-order valence-corrected chi connectivity index (χ1v) is 5.93. The van der Waals surface area contributed by atoms with E-state index in [1.807, 2.05) is 12.1 Å². The Kier molecular flexibility index (Phi) is 2.62. The molecule has 3 aromatic rings. The molecule has 0 radical (unpaired) electrons. The third-order valence-corrected chi connectivity index (χ3v) is 3.13. The van der Waals surface area contributed by atoms with Crippen LogP contribution in [0.5, 0.6) is 5.75 Å². The number of benzene rings is 1. The molecular weight excluding hydrogens is 262 g/mol. The number of rotatable bonds is 1. The molecule has 0 saturated carbocycles. The first-order valence-electron chi connectivity index (χ1n) is 5.56. The molecule has 19 heavy (non-hydrogen) atoms. The molecule has 0 aliphatic heterocycles. The molecule has 2 N–H and O–H groups in total. The van der Waals surface area contributed by atoms with E-state index in [9.17, 15) is 5.11 Å². The van der Waals surface area contributed by atoms with E-state index >= 15 is 0 Å². The fraction of sp³-hybridized carbons (Fsp3) is 0. The summed E-state index contributed by atoms with van der Waals surface area (Å²) in [6, 6.07) is 11.0. The van der Waals surface area contributed by atoms with E-state index in [2.05, 4.69) is 16.0 Å². The number of halogens is 1. The molecule has 0 aliphatic carbocycles. The standard InChI is InChI=1S/C14H8ClN3O/c15-14-5-10(13(19)7-17-14)12-4-9-8(6-16)2-1-3-11(9)18-12/h1-5,7,18-19H. The lowest BCUT2D eigenvalue weighted by molar-refractivity contribution is 0.474. The van der Waals surface area contributed by atoms with Crippen molar-refractivity contribution in [1.29, 1.82) is 5.26 Å². The van der Waals surface area contributed by atoms with Gasteiger partial charge in [-0.25, -0.2) is 4.98 Å². The number of aromatic hydroxyl groups is 1. The molecule has 0 atom stereocenters. The summed E-state index contributed by atoms with van der Waals surface area (Å²) in [7, 11) is 0. The van der Waals surface area contributed by atoms with Gasteiger partial charge >= 0.3 is 0 Å². The molecule has 0 aliphatic rings. The van der Waals surface area contributed by atoms with Crippen molar-refractivity contribution in [3.63, 3.8) is 0 Å². The summed E-state index contributed by atoms with van der Waals surface area (Å²) in [4.78, 5) is 6.96. The van der Waals surface area contributed by atoms with E-state index in [4.69, 9.17) is 16.9 Å². The maximum atomic E-state index is 9.83. The Hall–Kier alpha value is -2.51. The van der Waals surface area contributed by atoms with Crippen molar-refractivity contribution in [2.45, 2.75) is 0 Å². The van der Waals surface area contributed by atoms with Gasteiger partial charge in [-0.15, -0.1) is 0 Å². The van der Waals surface area contributed by atoms with Crippen LogP contribution in [0.15, 0.2) is 36.5 Å². The van der Waals surface area contributed by atoms with Crippen molar-refractivity contribution in [3.8, 4) is 23.1 Å². The Morgan fingerprint density at radius 1 is 1.32 bits per heavy atom. The quantitative estimate of drug-likeness (QED) is 0.665. The van der Waals surface area contributed by atoms with Crippen molar-refractivity contribution < 1.29 is 5.11 Å². The number of nitrogens with one attached hydrogen (secondary N) is 1. The molecular formula is C14H8ClN3O. The van der Waals surface area contributed by atoms with E-state index in [0.717, 1.165) is 10.9 Å². The molecule has 4 nitrogen and oxygen atoms in total. The molecule has 0 saturated heterocycles. The smallest absolute Gasteiger partial charge is 0.143 e. The van der Waals surface area contributed by atoms with Crippen LogP contribution in [0.25, 0.3) is 22.2 Å². The van der Waals surface area contributed by atoms with Gasteiger partial charge in [-0.2, -0.15) is 5.26 Å². The fourth-order valence-corrected chi connectivity index (χ4v) is 2.19. The lowest BCUT2D eigenvalue weighted by Gasteiger charge is -2.01. The Labute approximate surface area is 113 Å². The average Bonchev–Trinajstić information content (AvgIpc) is 2.85. The Bertz CT molecular complexity index is 817. The van der Waals surface area contributed by atoms with Gasteiger partial charge in [-0.3, -0.25) is 0 Å². The van der Waals surface area contributed by atoms with Gasteiger partial charge in [0.2, 0.25) is 0 Å². The molecule has 0 unspecified atom stereocenters. The number of aromatic amines is 1. The topological polar surface area (TPSA) is 72.7 Å². The number of pyridine rings is 1. The van der Waals surface area contributed by atoms with Crippen molar-refractivity contribution in [2.75, 3.05) is 0 Å². The SMILES string of the molecule is N#Cc1cccc2[nH]c(-c3cc(Cl)ncc3O)cc12. The minimum absolute atomic E-state index is 0.0365. The van der Waals surface area contributed by atoms with E-state index in [0.29, 0.717) is 22.0 Å². The van der Waals surface area contributed by atoms with Crippen LogP contribution >= 0.6 is 11.6 Å². The minimum atomic E-state index is 0.0365. The van der Waals surface area contributed by atoms with Gasteiger partial charge in [0, 0.05) is 16.5 Å². The first-order chi connectivity index (χ1) is 9.19. The molecule has 0 spiro atoms. The van der Waals surface area contributed by atoms with Crippen LogP contribution in [0, 0.1) is 11.3 Å². The number of nitriles is 1. The molecule has 2 aromatic heterocycles. The zero-order valence-electron chi connectivity index (χ0n) is 9.68. The lowest BCUT2D eigenvalue weighted by atomic mass is 10.1. The Morgan fingerprint density at radius 2 is 2.16 bits per heavy atom. The normalized spacial score (nSPS) is 10.5. The molecule has 1 aromatic carbocycles. The molecule has 2 heterocycles. The summed E-state index contributed by atoms with van der Waals surface area (Å²) < 4.78 is 0. The van der Waals surface area contributed by atoms with Crippen molar-refractivity contribution in [3.05, 3.63) is 47.2 Å². The van der Waals surface area contributed by atoms with Crippen LogP contribution in [0.1, 0.15) is 5.56 Å². The van der Waals surface area contributed by atoms with Gasteiger partial charge in [0.05, 0.1) is 23.5 Å². The highest BCUT2D eigenvalue weighted by Crippen LogP contribution is 2.32. The maximum absolute atomic E-state index is 9.83. The van der Waals surface area contributed by atoms with Crippen LogP contribution in [-0.4, -0.2) is 15.1 Å². The number of hydrogen-bond acceptors (Lipinski definition) is 3. The van der Waals surface area contributed by atoms with E-state index in [-0.39, 0.29) is 5.75 Å². The van der Waals surface area contributed by atoms with Crippen LogP contribution in [0.3, 0.4) is 0 Å². The van der Waals surface area contributed by atoms with Crippen LogP contribution in [0.4, 0.5) is 0 Å². The molecule has 0 bridgehead atoms. The van der Waals surface area contributed by atoms with E-state index in [1.165, 1.54) is 6.20 Å². The number of H-pyrrole nitrogens is 1. The summed E-state index contributed by atoms with van der Waals surface area (Å²) in [6.07, 6.45) is 1.30. The van der Waals surface area contributed by atoms with Crippen molar-refractivity contribution in [1.82, 2.24) is 9.97 Å². The number of nitrogens with zero attached hydrogens (tertiary/aromatic N) is 2. The monoisotopic (exact) mass is 269 g/mol. The molecule has 92 valence electrons. The van der Waals surface area contributed by atoms with Gasteiger partial charge in [-0.05, 0) is 24.3 Å². The largest absolute Gasteiger partial charge is 0.506 e. The van der Waals surface area contributed by atoms with Crippen molar-refractivity contribution in [2.24, 2.45) is 0 Å². The lowest BCUT2D eigenvalue weighted by Crippen LogP contribution is -1.81. The summed E-state index contributed by atoms with van der Waals surface area (Å²) in [6.45, 7) is 0. The second-order valence-corrected chi connectivity index (χ2v) is 4.47. The van der Waals surface area contributed by atoms with Gasteiger partial charge < -0.3 is 10.1 Å². The highest BCUT2D eigenvalue weighted by atomic mass is 35.5. The summed E-state index contributed by atoms with van der Waals surface area (Å²) in [5.41, 5.74) is 2.67. The van der Waals surface area contributed by atoms with E-state index in [1.54, 1.807) is 18.2 Å². The molecule has 0 fully saturated rings. The van der Waals surface area contributed by atoms with Crippen LogP contribution in [0.2, 0.25) is 5.15 Å². The van der Waals surface area contributed by atoms with Gasteiger partial charge in [-0.1, -0.05) is 17.7 Å². The Balaban J connectivity index is 2.27. The van der Waals surface area contributed by atoms with Crippen molar-refractivity contribution >= 4 is 22.5 Å². The summed E-state index contributed by atoms with van der Waals surface area (Å²) >= 11 is 5.84. The minimum Gasteiger partial charge on any atom is -0.506 e. The maximum Gasteiger partial charge on any atom is 0.143 e. The second-order valence-electron chi connectivity index (χ2n) is 4.09. The summed E-state index contributed by atoms with van der Waals surface area (Å²) in [5.74, 6) is 0.0365. The number of aromatic nitrogens is 2. The summed E-state index contributed by atoms with van der Waals surface area (Å²) in [5, 5.41) is 20.0. The zero-order chi connectivity index (χ0) is 13.4. The highest BCUT2D eigenvalue weighted by molar-refractivity contribution is 6.29. The van der Waals surface area contributed by atoms with E-state index < -0.39 is 0 Å². The number of fused-ring (bicyclic) bond motifs is 1. The van der Waals surface area contributed by atoms with Gasteiger partial charge in [0.25, 0.3) is 0 Å². The predicted molar refractivity (Wildman–Crippen MR) is 72.9 cm³/mol. The second kappa shape index (κ2) is 4.30. The molecule has 5 heteroatoms. The van der Waals surface area contributed by atoms with Crippen LogP contribution < -0.4 is 0 Å². The predicted octanol–water partition coefficient (Wildman–Crippen LogP) is 3.46.